The van der Waals surface area contributed by atoms with Crippen molar-refractivity contribution in [3.8, 4) is 17.2 Å². The van der Waals surface area contributed by atoms with E-state index in [1.54, 1.807) is 21.3 Å². The van der Waals surface area contributed by atoms with Crippen LogP contribution in [-0.2, 0) is 5.41 Å². The lowest BCUT2D eigenvalue weighted by Gasteiger charge is -2.29. The molecule has 0 atom stereocenters. The van der Waals surface area contributed by atoms with Crippen LogP contribution in [-0.4, -0.2) is 33.9 Å². The van der Waals surface area contributed by atoms with Gasteiger partial charge in [-0.05, 0) is 24.4 Å². The second-order valence-electron chi connectivity index (χ2n) is 6.12. The number of rotatable bonds is 8. The molecule has 21 heavy (non-hydrogen) atoms. The third-order valence-electron chi connectivity index (χ3n) is 3.74. The van der Waals surface area contributed by atoms with Gasteiger partial charge in [0.15, 0.2) is 11.5 Å². The van der Waals surface area contributed by atoms with Gasteiger partial charge in [-0.15, -0.1) is 0 Å². The van der Waals surface area contributed by atoms with Crippen molar-refractivity contribution in [3.63, 3.8) is 0 Å². The molecular formula is C17H29NO3. The smallest absolute Gasteiger partial charge is 0.203 e. The second kappa shape index (κ2) is 7.55. The minimum atomic E-state index is -0.0210. The molecule has 1 N–H and O–H groups in total. The van der Waals surface area contributed by atoms with Gasteiger partial charge in [0.05, 0.1) is 21.3 Å². The molecule has 0 aromatic heterocycles. The van der Waals surface area contributed by atoms with Crippen LogP contribution >= 0.6 is 0 Å². The average molecular weight is 295 g/mol. The Bertz CT molecular complexity index is 456. The van der Waals surface area contributed by atoms with Crippen molar-refractivity contribution < 1.29 is 14.2 Å². The van der Waals surface area contributed by atoms with Crippen molar-refractivity contribution in [3.05, 3.63) is 17.7 Å². The Balaban J connectivity index is 3.10. The summed E-state index contributed by atoms with van der Waals surface area (Å²) < 4.78 is 16.4. The fourth-order valence-corrected chi connectivity index (χ4v) is 2.44. The maximum atomic E-state index is 5.60. The van der Waals surface area contributed by atoms with Crippen LogP contribution in [0, 0.1) is 0 Å². The molecule has 1 aromatic rings. The first-order chi connectivity index (χ1) is 9.87. The van der Waals surface area contributed by atoms with Crippen molar-refractivity contribution in [2.75, 3.05) is 27.9 Å². The number of methoxy groups -OCH3 is 3. The van der Waals surface area contributed by atoms with Gasteiger partial charge in [0, 0.05) is 11.6 Å². The van der Waals surface area contributed by atoms with E-state index in [0.717, 1.165) is 24.3 Å². The lowest BCUT2D eigenvalue weighted by Crippen LogP contribution is -2.29. The van der Waals surface area contributed by atoms with Crippen LogP contribution in [0.15, 0.2) is 12.1 Å². The van der Waals surface area contributed by atoms with Crippen molar-refractivity contribution >= 4 is 0 Å². The Morgan fingerprint density at radius 3 is 2.10 bits per heavy atom. The van der Waals surface area contributed by atoms with Gasteiger partial charge < -0.3 is 19.5 Å². The molecule has 0 heterocycles. The van der Waals surface area contributed by atoms with Crippen molar-refractivity contribution in [1.29, 1.82) is 0 Å². The van der Waals surface area contributed by atoms with Gasteiger partial charge in [0.2, 0.25) is 5.75 Å². The summed E-state index contributed by atoms with van der Waals surface area (Å²) in [5, 5.41) is 3.46. The van der Waals surface area contributed by atoms with Gasteiger partial charge in [-0.1, -0.05) is 33.8 Å². The van der Waals surface area contributed by atoms with Crippen LogP contribution < -0.4 is 19.5 Å². The summed E-state index contributed by atoms with van der Waals surface area (Å²) in [4.78, 5) is 0. The number of ether oxygens (including phenoxy) is 3. The van der Waals surface area contributed by atoms with Crippen LogP contribution in [0.5, 0.6) is 17.2 Å². The summed E-state index contributed by atoms with van der Waals surface area (Å²) in [5.74, 6) is 2.10. The molecule has 0 aliphatic carbocycles. The average Bonchev–Trinajstić information content (AvgIpc) is 2.44. The van der Waals surface area contributed by atoms with Gasteiger partial charge in [-0.2, -0.15) is 0 Å². The fourth-order valence-electron chi connectivity index (χ4n) is 2.44. The lowest BCUT2D eigenvalue weighted by atomic mass is 9.80. The molecule has 0 unspecified atom stereocenters. The van der Waals surface area contributed by atoms with E-state index in [9.17, 15) is 0 Å². The Morgan fingerprint density at radius 2 is 1.62 bits per heavy atom. The third-order valence-corrected chi connectivity index (χ3v) is 3.74. The van der Waals surface area contributed by atoms with Gasteiger partial charge in [-0.25, -0.2) is 0 Å². The standard InChI is InChI=1S/C17H29NO3/c1-12(2)18-11-10-17(3,4)13-8-9-14(19-5)16(21-7)15(13)20-6/h8-9,12,18H,10-11H2,1-7H3. The highest BCUT2D eigenvalue weighted by atomic mass is 16.5. The van der Waals surface area contributed by atoms with Crippen LogP contribution in [0.2, 0.25) is 0 Å². The van der Waals surface area contributed by atoms with Crippen LogP contribution in [0.4, 0.5) is 0 Å². The van der Waals surface area contributed by atoms with Crippen LogP contribution in [0.1, 0.15) is 39.7 Å². The van der Waals surface area contributed by atoms with Gasteiger partial charge in [0.1, 0.15) is 0 Å². The Morgan fingerprint density at radius 1 is 1.00 bits per heavy atom. The molecule has 0 radical (unpaired) electrons. The number of benzene rings is 1. The molecule has 4 heteroatoms. The number of hydrogen-bond donors (Lipinski definition) is 1. The van der Waals surface area contributed by atoms with Crippen LogP contribution in [0.25, 0.3) is 0 Å². The van der Waals surface area contributed by atoms with E-state index in [-0.39, 0.29) is 5.41 Å². The number of hydrogen-bond acceptors (Lipinski definition) is 4. The fraction of sp³-hybridized carbons (Fsp3) is 0.647. The van der Waals surface area contributed by atoms with Crippen LogP contribution in [0.3, 0.4) is 0 Å². The van der Waals surface area contributed by atoms with Gasteiger partial charge in [-0.3, -0.25) is 0 Å². The molecule has 0 saturated heterocycles. The minimum Gasteiger partial charge on any atom is -0.493 e. The Hall–Kier alpha value is -1.42. The van der Waals surface area contributed by atoms with Crippen molar-refractivity contribution in [2.24, 2.45) is 0 Å². The Kier molecular flexibility index (Phi) is 6.34. The van der Waals surface area contributed by atoms with E-state index in [1.165, 1.54) is 0 Å². The highest BCUT2D eigenvalue weighted by Crippen LogP contribution is 2.45. The molecule has 1 rings (SSSR count). The maximum absolute atomic E-state index is 5.60. The summed E-state index contributed by atoms with van der Waals surface area (Å²) in [5.41, 5.74) is 1.11. The maximum Gasteiger partial charge on any atom is 0.203 e. The third kappa shape index (κ3) is 4.27. The molecule has 0 fully saturated rings. The van der Waals surface area contributed by atoms with E-state index in [4.69, 9.17) is 14.2 Å². The zero-order chi connectivity index (χ0) is 16.0. The first-order valence-corrected chi connectivity index (χ1v) is 7.40. The zero-order valence-electron chi connectivity index (χ0n) is 14.4. The molecule has 0 amide bonds. The number of nitrogens with one attached hydrogen (secondary N) is 1. The first kappa shape index (κ1) is 17.6. The SMILES string of the molecule is COc1ccc(C(C)(C)CCNC(C)C)c(OC)c1OC. The van der Waals surface area contributed by atoms with E-state index >= 15 is 0 Å². The normalized spacial score (nSPS) is 11.6. The summed E-state index contributed by atoms with van der Waals surface area (Å²) in [7, 11) is 4.94. The summed E-state index contributed by atoms with van der Waals surface area (Å²) in [6, 6.07) is 4.50. The second-order valence-corrected chi connectivity index (χ2v) is 6.12. The monoisotopic (exact) mass is 295 g/mol. The van der Waals surface area contributed by atoms with Gasteiger partial charge >= 0.3 is 0 Å². The summed E-state index contributed by atoms with van der Waals surface area (Å²) >= 11 is 0. The molecule has 0 aliphatic rings. The van der Waals surface area contributed by atoms with E-state index < -0.39 is 0 Å². The molecule has 4 nitrogen and oxygen atoms in total. The molecular weight excluding hydrogens is 266 g/mol. The van der Waals surface area contributed by atoms with E-state index in [2.05, 4.69) is 39.1 Å². The summed E-state index contributed by atoms with van der Waals surface area (Å²) in [6.07, 6.45) is 1.01. The molecule has 1 aromatic carbocycles. The molecule has 0 spiro atoms. The molecule has 120 valence electrons. The Labute approximate surface area is 128 Å². The molecule has 0 saturated carbocycles. The quantitative estimate of drug-likeness (QED) is 0.798. The minimum absolute atomic E-state index is 0.0210. The zero-order valence-corrected chi connectivity index (χ0v) is 14.4. The highest BCUT2D eigenvalue weighted by Gasteiger charge is 2.28. The predicted molar refractivity (Wildman–Crippen MR) is 86.9 cm³/mol. The van der Waals surface area contributed by atoms with Crippen molar-refractivity contribution in [2.45, 2.75) is 45.6 Å². The lowest BCUT2D eigenvalue weighted by molar-refractivity contribution is 0.314. The molecule has 0 bridgehead atoms. The summed E-state index contributed by atoms with van der Waals surface area (Å²) in [6.45, 7) is 9.72. The first-order valence-electron chi connectivity index (χ1n) is 7.40. The topological polar surface area (TPSA) is 39.7 Å². The molecule has 0 aliphatic heterocycles. The van der Waals surface area contributed by atoms with E-state index in [0.29, 0.717) is 17.5 Å². The van der Waals surface area contributed by atoms with E-state index in [1.807, 2.05) is 6.07 Å². The van der Waals surface area contributed by atoms with Gasteiger partial charge in [0.25, 0.3) is 0 Å². The predicted octanol–water partition coefficient (Wildman–Crippen LogP) is 3.38. The van der Waals surface area contributed by atoms with Crippen molar-refractivity contribution in [1.82, 2.24) is 5.32 Å². The largest absolute Gasteiger partial charge is 0.493 e. The highest BCUT2D eigenvalue weighted by molar-refractivity contribution is 5.57.